The molecule has 1 aromatic carbocycles. The summed E-state index contributed by atoms with van der Waals surface area (Å²) in [6, 6.07) is 5.19. The lowest BCUT2D eigenvalue weighted by Gasteiger charge is -2.44. The summed E-state index contributed by atoms with van der Waals surface area (Å²) in [6.45, 7) is 6.48. The number of carbonyl (C=O) groups excluding carboxylic acids is 1. The second-order valence-corrected chi connectivity index (χ2v) is 8.21. The largest absolute Gasteiger partial charge is 0.508 e. The Hall–Kier alpha value is -2.80. The zero-order valence-corrected chi connectivity index (χ0v) is 17.2. The molecule has 1 saturated heterocycles. The van der Waals surface area contributed by atoms with Crippen LogP contribution in [-0.2, 0) is 16.1 Å². The summed E-state index contributed by atoms with van der Waals surface area (Å²) in [7, 11) is 1.57. The van der Waals surface area contributed by atoms with Crippen molar-refractivity contribution in [3.8, 4) is 17.0 Å². The first-order chi connectivity index (χ1) is 13.8. The Labute approximate surface area is 169 Å². The van der Waals surface area contributed by atoms with Crippen LogP contribution in [0.2, 0.25) is 0 Å². The van der Waals surface area contributed by atoms with Gasteiger partial charge in [-0.2, -0.15) is 0 Å². The predicted octanol–water partition coefficient (Wildman–Crippen LogP) is 3.11. The number of phenols is 1. The molecule has 2 aliphatic heterocycles. The molecule has 0 aliphatic carbocycles. The summed E-state index contributed by atoms with van der Waals surface area (Å²) in [5, 5.41) is 12.7. The number of nitrogens with zero attached hydrogens (tertiary/aromatic N) is 2. The molecule has 29 heavy (non-hydrogen) atoms. The molecule has 1 N–H and O–H groups in total. The molecule has 0 radical (unpaired) electrons. The zero-order valence-electron chi connectivity index (χ0n) is 17.2. The Balaban J connectivity index is 1.98. The molecular formula is C22H26N2O5. The van der Waals surface area contributed by atoms with Gasteiger partial charge >= 0.3 is 5.97 Å². The van der Waals surface area contributed by atoms with E-state index in [1.54, 1.807) is 26.3 Å². The van der Waals surface area contributed by atoms with Gasteiger partial charge in [0.25, 0.3) is 0 Å². The van der Waals surface area contributed by atoms with Gasteiger partial charge in [0, 0.05) is 30.5 Å². The van der Waals surface area contributed by atoms with Crippen LogP contribution in [0, 0.1) is 0 Å². The van der Waals surface area contributed by atoms with Crippen LogP contribution >= 0.6 is 0 Å². The summed E-state index contributed by atoms with van der Waals surface area (Å²) in [5.74, 6) is -0.424. The van der Waals surface area contributed by atoms with Gasteiger partial charge in [-0.1, -0.05) is 0 Å². The number of rotatable bonds is 4. The fourth-order valence-electron chi connectivity index (χ4n) is 4.56. The second kappa shape index (κ2) is 6.91. The molecule has 0 amide bonds. The topological polar surface area (TPSA) is 81.0 Å². The minimum atomic E-state index is -0.613. The molecule has 0 bridgehead atoms. The average molecular weight is 398 g/mol. The molecule has 0 saturated carbocycles. The number of ether oxygens (including phenoxy) is 2. The Morgan fingerprint density at radius 1 is 1.31 bits per heavy atom. The molecule has 0 unspecified atom stereocenters. The SMILES string of the molecule is CCOC(=O)c1cn2c(cc1=O)-c1cc(COC)c(O)cc1[C@H]1CCC(C)(C)N12. The van der Waals surface area contributed by atoms with E-state index in [-0.39, 0.29) is 41.5 Å². The number of aromatic hydroxyl groups is 1. The van der Waals surface area contributed by atoms with E-state index in [0.717, 1.165) is 24.0 Å². The van der Waals surface area contributed by atoms with Crippen molar-refractivity contribution in [1.29, 1.82) is 0 Å². The number of benzene rings is 1. The van der Waals surface area contributed by atoms with Gasteiger partial charge in [0.1, 0.15) is 11.3 Å². The predicted molar refractivity (Wildman–Crippen MR) is 109 cm³/mol. The number of aromatic nitrogens is 1. The minimum absolute atomic E-state index is 0.0244. The van der Waals surface area contributed by atoms with Crippen LogP contribution in [0.4, 0.5) is 0 Å². The van der Waals surface area contributed by atoms with E-state index in [4.69, 9.17) is 9.47 Å². The molecular weight excluding hydrogens is 372 g/mol. The number of methoxy groups -OCH3 is 1. The Kier molecular flexibility index (Phi) is 4.65. The van der Waals surface area contributed by atoms with Gasteiger partial charge in [-0.05, 0) is 51.3 Å². The van der Waals surface area contributed by atoms with E-state index in [9.17, 15) is 14.7 Å². The van der Waals surface area contributed by atoms with Crippen molar-refractivity contribution in [3.63, 3.8) is 0 Å². The van der Waals surface area contributed by atoms with Crippen molar-refractivity contribution in [2.75, 3.05) is 18.7 Å². The lowest BCUT2D eigenvalue weighted by molar-refractivity contribution is 0.0523. The van der Waals surface area contributed by atoms with Gasteiger partial charge in [0.2, 0.25) is 0 Å². The van der Waals surface area contributed by atoms with E-state index in [2.05, 4.69) is 18.9 Å². The second-order valence-electron chi connectivity index (χ2n) is 8.21. The van der Waals surface area contributed by atoms with Crippen molar-refractivity contribution >= 4 is 5.97 Å². The van der Waals surface area contributed by atoms with E-state index in [0.29, 0.717) is 11.3 Å². The summed E-state index contributed by atoms with van der Waals surface area (Å²) < 4.78 is 12.2. The normalized spacial score (nSPS) is 18.8. The lowest BCUT2D eigenvalue weighted by atomic mass is 9.92. The van der Waals surface area contributed by atoms with E-state index < -0.39 is 5.97 Å². The van der Waals surface area contributed by atoms with Crippen LogP contribution in [0.3, 0.4) is 0 Å². The number of fused-ring (bicyclic) bond motifs is 6. The number of hydrogen-bond acceptors (Lipinski definition) is 6. The third-order valence-electron chi connectivity index (χ3n) is 5.89. The Bertz CT molecular complexity index is 1040. The Morgan fingerprint density at radius 2 is 2.07 bits per heavy atom. The van der Waals surface area contributed by atoms with Crippen molar-refractivity contribution < 1.29 is 19.4 Å². The van der Waals surface area contributed by atoms with Gasteiger partial charge in [0.05, 0.1) is 30.5 Å². The van der Waals surface area contributed by atoms with Gasteiger partial charge < -0.3 is 14.6 Å². The molecule has 0 spiro atoms. The maximum absolute atomic E-state index is 12.7. The highest BCUT2D eigenvalue weighted by Crippen LogP contribution is 2.49. The van der Waals surface area contributed by atoms with Crippen LogP contribution in [0.1, 0.15) is 61.1 Å². The Morgan fingerprint density at radius 3 is 2.76 bits per heavy atom. The van der Waals surface area contributed by atoms with Gasteiger partial charge in [-0.15, -0.1) is 0 Å². The fraction of sp³-hybridized carbons (Fsp3) is 0.455. The van der Waals surface area contributed by atoms with Crippen molar-refractivity contribution in [1.82, 2.24) is 4.68 Å². The first-order valence-corrected chi connectivity index (χ1v) is 9.87. The smallest absolute Gasteiger partial charge is 0.343 e. The zero-order chi connectivity index (χ0) is 20.9. The number of hydrogen-bond donors (Lipinski definition) is 1. The summed E-state index contributed by atoms with van der Waals surface area (Å²) >= 11 is 0. The van der Waals surface area contributed by atoms with Crippen LogP contribution in [0.5, 0.6) is 5.75 Å². The molecule has 1 atom stereocenters. The van der Waals surface area contributed by atoms with Gasteiger partial charge in [-0.25, -0.2) is 4.79 Å². The highest BCUT2D eigenvalue weighted by atomic mass is 16.5. The molecule has 4 rings (SSSR count). The summed E-state index contributed by atoms with van der Waals surface area (Å²) in [6.07, 6.45) is 3.45. The highest BCUT2D eigenvalue weighted by molar-refractivity contribution is 5.89. The molecule has 1 aromatic heterocycles. The quantitative estimate of drug-likeness (QED) is 0.797. The molecule has 154 valence electrons. The standard InChI is InChI=1S/C22H26N2O5/c1-5-29-21(27)16-11-23-18(10-20(16)26)14-8-13(12-28-4)19(25)9-15(14)17-6-7-22(2,3)24(17)23/h8-11,17,25H,5-7,12H2,1-4H3/t17-/m1/s1. The van der Waals surface area contributed by atoms with Crippen LogP contribution in [-0.4, -0.2) is 35.0 Å². The third kappa shape index (κ3) is 3.00. The number of esters is 1. The van der Waals surface area contributed by atoms with E-state index in [1.807, 2.05) is 10.7 Å². The molecule has 2 aromatic rings. The summed E-state index contributed by atoms with van der Waals surface area (Å²) in [4.78, 5) is 25.1. The first-order valence-electron chi connectivity index (χ1n) is 9.87. The monoisotopic (exact) mass is 398 g/mol. The van der Waals surface area contributed by atoms with Crippen LogP contribution in [0.15, 0.2) is 29.2 Å². The number of phenolic OH excluding ortho intramolecular Hbond substituents is 1. The minimum Gasteiger partial charge on any atom is -0.508 e. The van der Waals surface area contributed by atoms with Crippen molar-refractivity contribution in [2.24, 2.45) is 0 Å². The summed E-state index contributed by atoms with van der Waals surface area (Å²) in [5.41, 5.74) is 2.68. The van der Waals surface area contributed by atoms with Crippen LogP contribution < -0.4 is 10.4 Å². The van der Waals surface area contributed by atoms with E-state index in [1.165, 1.54) is 6.07 Å². The van der Waals surface area contributed by atoms with Gasteiger partial charge in [0.15, 0.2) is 5.43 Å². The molecule has 3 heterocycles. The molecule has 1 fully saturated rings. The van der Waals surface area contributed by atoms with Crippen molar-refractivity contribution in [2.45, 2.75) is 51.8 Å². The maximum Gasteiger partial charge on any atom is 0.343 e. The highest BCUT2D eigenvalue weighted by Gasteiger charge is 2.45. The molecule has 7 heteroatoms. The lowest BCUT2D eigenvalue weighted by Crippen LogP contribution is -2.50. The van der Waals surface area contributed by atoms with Crippen LogP contribution in [0.25, 0.3) is 11.3 Å². The average Bonchev–Trinajstić information content (AvgIpc) is 2.98. The third-order valence-corrected chi connectivity index (χ3v) is 5.89. The fourth-order valence-corrected chi connectivity index (χ4v) is 4.56. The van der Waals surface area contributed by atoms with Crippen molar-refractivity contribution in [3.05, 3.63) is 51.3 Å². The van der Waals surface area contributed by atoms with E-state index >= 15 is 0 Å². The number of pyridine rings is 1. The maximum atomic E-state index is 12.7. The number of carbonyl (C=O) groups is 1. The first kappa shape index (κ1) is 19.5. The molecule has 7 nitrogen and oxygen atoms in total. The molecule has 2 aliphatic rings. The van der Waals surface area contributed by atoms with Gasteiger partial charge in [-0.3, -0.25) is 14.5 Å².